The highest BCUT2D eigenvalue weighted by atomic mass is 35.5. The van der Waals surface area contributed by atoms with Crippen molar-refractivity contribution in [2.75, 3.05) is 11.4 Å². The maximum Gasteiger partial charge on any atom is 0.229 e. The van der Waals surface area contributed by atoms with Gasteiger partial charge in [-0.2, -0.15) is 0 Å². The summed E-state index contributed by atoms with van der Waals surface area (Å²) in [5, 5.41) is 1.36. The summed E-state index contributed by atoms with van der Waals surface area (Å²) in [6, 6.07) is 5.67. The van der Waals surface area contributed by atoms with Crippen LogP contribution in [0.2, 0.25) is 5.02 Å². The number of nitrogens with zero attached hydrogens (tertiary/aromatic N) is 2. The average molecular weight is 279 g/mol. The van der Waals surface area contributed by atoms with Crippen LogP contribution in [0, 0.1) is 5.92 Å². The SMILES string of the molecule is C=CC1CC(=O)N(c2nc3c(Cl)cccc3s2)C1. The Bertz CT molecular complexity index is 637. The van der Waals surface area contributed by atoms with E-state index in [1.165, 1.54) is 11.3 Å². The molecule has 1 aliphatic heterocycles. The third kappa shape index (κ3) is 1.82. The van der Waals surface area contributed by atoms with Gasteiger partial charge in [0.15, 0.2) is 5.13 Å². The first kappa shape index (κ1) is 11.7. The predicted octanol–water partition coefficient (Wildman–Crippen LogP) is 3.49. The normalized spacial score (nSPS) is 19.7. The number of carbonyl (C=O) groups excluding carboxylic acids is 1. The van der Waals surface area contributed by atoms with Crippen molar-refractivity contribution < 1.29 is 4.79 Å². The number of carbonyl (C=O) groups is 1. The summed E-state index contributed by atoms with van der Waals surface area (Å²) in [6.07, 6.45) is 2.35. The standard InChI is InChI=1S/C13H11ClN2OS/c1-2-8-6-11(17)16(7-8)13-15-12-9(14)4-3-5-10(12)18-13/h2-5,8H,1,6-7H2. The molecular formula is C13H11ClN2OS. The van der Waals surface area contributed by atoms with E-state index in [4.69, 9.17) is 11.6 Å². The van der Waals surface area contributed by atoms with Crippen molar-refractivity contribution >= 4 is 44.2 Å². The molecule has 0 spiro atoms. The number of halogens is 1. The maximum absolute atomic E-state index is 11.9. The molecule has 1 aliphatic rings. The second-order valence-electron chi connectivity index (χ2n) is 4.29. The number of benzene rings is 1. The fraction of sp³-hybridized carbons (Fsp3) is 0.231. The lowest BCUT2D eigenvalue weighted by Gasteiger charge is -2.11. The summed E-state index contributed by atoms with van der Waals surface area (Å²) in [6.45, 7) is 4.41. The molecule has 18 heavy (non-hydrogen) atoms. The van der Waals surface area contributed by atoms with E-state index in [0.717, 1.165) is 15.3 Å². The van der Waals surface area contributed by atoms with Gasteiger partial charge in [0.2, 0.25) is 5.91 Å². The van der Waals surface area contributed by atoms with Crippen molar-refractivity contribution in [3.05, 3.63) is 35.9 Å². The first-order chi connectivity index (χ1) is 8.69. The second-order valence-corrected chi connectivity index (χ2v) is 5.70. The average Bonchev–Trinajstić information content (AvgIpc) is 2.93. The van der Waals surface area contributed by atoms with Crippen molar-refractivity contribution in [1.82, 2.24) is 4.98 Å². The topological polar surface area (TPSA) is 33.2 Å². The van der Waals surface area contributed by atoms with E-state index < -0.39 is 0 Å². The number of aromatic nitrogens is 1. The van der Waals surface area contributed by atoms with Crippen molar-refractivity contribution in [2.45, 2.75) is 6.42 Å². The van der Waals surface area contributed by atoms with Gasteiger partial charge in [0.1, 0.15) is 5.52 Å². The van der Waals surface area contributed by atoms with Crippen LogP contribution in [0.25, 0.3) is 10.2 Å². The Hall–Kier alpha value is -1.39. The van der Waals surface area contributed by atoms with Crippen LogP contribution in [0.3, 0.4) is 0 Å². The summed E-state index contributed by atoms with van der Waals surface area (Å²) in [5.41, 5.74) is 0.772. The second kappa shape index (κ2) is 4.37. The van der Waals surface area contributed by atoms with Gasteiger partial charge < -0.3 is 0 Å². The van der Waals surface area contributed by atoms with Crippen LogP contribution in [0.5, 0.6) is 0 Å². The monoisotopic (exact) mass is 278 g/mol. The molecule has 92 valence electrons. The highest BCUT2D eigenvalue weighted by Gasteiger charge is 2.30. The van der Waals surface area contributed by atoms with Crippen LogP contribution in [-0.4, -0.2) is 17.4 Å². The first-order valence-electron chi connectivity index (χ1n) is 5.67. The number of fused-ring (bicyclic) bond motifs is 1. The van der Waals surface area contributed by atoms with E-state index >= 15 is 0 Å². The lowest BCUT2D eigenvalue weighted by atomic mass is 10.1. The Balaban J connectivity index is 2.02. The maximum atomic E-state index is 11.9. The minimum Gasteiger partial charge on any atom is -0.287 e. The fourth-order valence-electron chi connectivity index (χ4n) is 2.10. The molecule has 1 aromatic heterocycles. The molecule has 1 saturated heterocycles. The molecular weight excluding hydrogens is 268 g/mol. The molecule has 0 N–H and O–H groups in total. The Morgan fingerprint density at radius 1 is 1.56 bits per heavy atom. The molecule has 0 saturated carbocycles. The molecule has 0 bridgehead atoms. The predicted molar refractivity (Wildman–Crippen MR) is 75.3 cm³/mol. The van der Waals surface area contributed by atoms with E-state index in [1.807, 2.05) is 24.3 Å². The lowest BCUT2D eigenvalue weighted by molar-refractivity contribution is -0.117. The highest BCUT2D eigenvalue weighted by Crippen LogP contribution is 2.35. The van der Waals surface area contributed by atoms with Crippen LogP contribution in [-0.2, 0) is 4.79 Å². The number of hydrogen-bond donors (Lipinski definition) is 0. The molecule has 1 fully saturated rings. The van der Waals surface area contributed by atoms with Crippen LogP contribution >= 0.6 is 22.9 Å². The molecule has 1 aromatic carbocycles. The summed E-state index contributed by atoms with van der Waals surface area (Å²) in [4.78, 5) is 18.1. The number of hydrogen-bond acceptors (Lipinski definition) is 3. The van der Waals surface area contributed by atoms with Gasteiger partial charge in [-0.3, -0.25) is 9.69 Å². The molecule has 0 radical (unpaired) electrons. The molecule has 2 aromatic rings. The number of amides is 1. The van der Waals surface area contributed by atoms with Gasteiger partial charge in [-0.25, -0.2) is 4.98 Å². The molecule has 1 atom stereocenters. The van der Waals surface area contributed by atoms with Gasteiger partial charge in [-0.1, -0.05) is 35.1 Å². The zero-order valence-electron chi connectivity index (χ0n) is 9.60. The minimum absolute atomic E-state index is 0.107. The molecule has 0 aliphatic carbocycles. The third-order valence-electron chi connectivity index (χ3n) is 3.08. The molecule has 2 heterocycles. The van der Waals surface area contributed by atoms with Crippen molar-refractivity contribution in [3.8, 4) is 0 Å². The first-order valence-corrected chi connectivity index (χ1v) is 6.86. The number of rotatable bonds is 2. The Kier molecular flexibility index (Phi) is 2.84. The molecule has 3 nitrogen and oxygen atoms in total. The van der Waals surface area contributed by atoms with Gasteiger partial charge in [0, 0.05) is 18.9 Å². The smallest absolute Gasteiger partial charge is 0.229 e. The largest absolute Gasteiger partial charge is 0.287 e. The van der Waals surface area contributed by atoms with Crippen LogP contribution in [0.15, 0.2) is 30.9 Å². The van der Waals surface area contributed by atoms with Gasteiger partial charge >= 0.3 is 0 Å². The molecule has 1 unspecified atom stereocenters. The Morgan fingerprint density at radius 3 is 3.06 bits per heavy atom. The summed E-state index contributed by atoms with van der Waals surface area (Å²) in [7, 11) is 0. The summed E-state index contributed by atoms with van der Waals surface area (Å²) >= 11 is 7.59. The quantitative estimate of drug-likeness (QED) is 0.788. The van der Waals surface area contributed by atoms with Gasteiger partial charge in [0.25, 0.3) is 0 Å². The minimum atomic E-state index is 0.107. The van der Waals surface area contributed by atoms with Crippen LogP contribution in [0.4, 0.5) is 5.13 Å². The third-order valence-corrected chi connectivity index (χ3v) is 4.43. The number of anilines is 1. The van der Waals surface area contributed by atoms with Gasteiger partial charge in [-0.15, -0.1) is 6.58 Å². The Labute approximate surface area is 114 Å². The molecule has 5 heteroatoms. The zero-order valence-corrected chi connectivity index (χ0v) is 11.2. The van der Waals surface area contributed by atoms with Crippen molar-refractivity contribution in [2.24, 2.45) is 5.92 Å². The number of thiazole rings is 1. The zero-order chi connectivity index (χ0) is 12.7. The highest BCUT2D eigenvalue weighted by molar-refractivity contribution is 7.22. The Morgan fingerprint density at radius 2 is 2.39 bits per heavy atom. The summed E-state index contributed by atoms with van der Waals surface area (Å²) < 4.78 is 1.01. The lowest BCUT2D eigenvalue weighted by Crippen LogP contribution is -2.23. The number of para-hydroxylation sites is 1. The van der Waals surface area contributed by atoms with Crippen molar-refractivity contribution in [1.29, 1.82) is 0 Å². The van der Waals surface area contributed by atoms with E-state index in [-0.39, 0.29) is 11.8 Å². The van der Waals surface area contributed by atoms with Crippen molar-refractivity contribution in [3.63, 3.8) is 0 Å². The van der Waals surface area contributed by atoms with E-state index in [2.05, 4.69) is 11.6 Å². The van der Waals surface area contributed by atoms with Gasteiger partial charge in [-0.05, 0) is 12.1 Å². The van der Waals surface area contributed by atoms with E-state index in [1.54, 1.807) is 4.90 Å². The molecule has 1 amide bonds. The van der Waals surface area contributed by atoms with E-state index in [0.29, 0.717) is 18.0 Å². The molecule has 3 rings (SSSR count). The van der Waals surface area contributed by atoms with E-state index in [9.17, 15) is 4.79 Å². The van der Waals surface area contributed by atoms with Crippen LogP contribution < -0.4 is 4.90 Å². The van der Waals surface area contributed by atoms with Crippen LogP contribution in [0.1, 0.15) is 6.42 Å². The fourth-order valence-corrected chi connectivity index (χ4v) is 3.39. The summed E-state index contributed by atoms with van der Waals surface area (Å²) in [5.74, 6) is 0.329. The van der Waals surface area contributed by atoms with Gasteiger partial charge in [0.05, 0.1) is 9.72 Å².